The number of esters is 1. The summed E-state index contributed by atoms with van der Waals surface area (Å²) in [7, 11) is 0. The molecule has 0 radical (unpaired) electrons. The molecule has 0 bridgehead atoms. The van der Waals surface area contributed by atoms with Crippen molar-refractivity contribution >= 4 is 45.1 Å². The minimum Gasteiger partial charge on any atom is -0.478 e. The Bertz CT molecular complexity index is 1610. The smallest absolute Gasteiger partial charge is 0.339 e. The zero-order valence-electron chi connectivity index (χ0n) is 25.1. The largest absolute Gasteiger partial charge is 0.478 e. The number of aromatic carboxylic acids is 1. The molecule has 4 aromatic rings. The van der Waals surface area contributed by atoms with Crippen LogP contribution in [0.5, 0.6) is 0 Å². The van der Waals surface area contributed by atoms with Gasteiger partial charge < -0.3 is 19.6 Å². The second-order valence-electron chi connectivity index (χ2n) is 12.3. The van der Waals surface area contributed by atoms with Gasteiger partial charge in [0.25, 0.3) is 0 Å². The van der Waals surface area contributed by atoms with Crippen LogP contribution in [0.15, 0.2) is 60.9 Å². The fraction of sp³-hybridized carbons (Fsp3) is 0.412. The number of carbonyl (C=O) groups excluding carboxylic acids is 1. The Hall–Kier alpha value is -4.20. The lowest BCUT2D eigenvalue weighted by atomic mass is 10.1. The Morgan fingerprint density at radius 1 is 0.786 bits per heavy atom. The first kappa shape index (κ1) is 29.3. The summed E-state index contributed by atoms with van der Waals surface area (Å²) in [5.74, 6) is -1.20. The normalized spacial score (nSPS) is 18.7. The van der Waals surface area contributed by atoms with Crippen molar-refractivity contribution in [2.24, 2.45) is 0 Å². The van der Waals surface area contributed by atoms with Crippen LogP contribution in [-0.4, -0.2) is 57.8 Å². The highest BCUT2D eigenvalue weighted by molar-refractivity contribution is 6.04. The maximum atomic E-state index is 12.5. The molecule has 0 aliphatic carbocycles. The van der Waals surface area contributed by atoms with Crippen molar-refractivity contribution in [2.45, 2.75) is 78.0 Å². The van der Waals surface area contributed by atoms with Crippen LogP contribution in [0.3, 0.4) is 0 Å². The molecule has 6 rings (SSSR count). The topological polar surface area (TPSA) is 95.9 Å². The van der Waals surface area contributed by atoms with Gasteiger partial charge in [-0.1, -0.05) is 0 Å². The van der Waals surface area contributed by atoms with Gasteiger partial charge in [-0.25, -0.2) is 9.59 Å². The zero-order chi connectivity index (χ0) is 30.0. The molecule has 4 heterocycles. The minimum atomic E-state index is -0.904. The quantitative estimate of drug-likeness (QED) is 0.261. The summed E-state index contributed by atoms with van der Waals surface area (Å²) < 4.78 is 5.54. The lowest BCUT2D eigenvalue weighted by molar-refractivity contribution is 0.00715. The van der Waals surface area contributed by atoms with Gasteiger partial charge in [0, 0.05) is 59.7 Å². The molecule has 0 unspecified atom stereocenters. The van der Waals surface area contributed by atoms with E-state index in [1.807, 2.05) is 45.0 Å². The number of carboxylic acids is 1. The second-order valence-corrected chi connectivity index (χ2v) is 12.3. The van der Waals surface area contributed by atoms with Crippen LogP contribution < -0.4 is 9.80 Å². The summed E-state index contributed by atoms with van der Waals surface area (Å²) in [5, 5.41) is 10.8. The van der Waals surface area contributed by atoms with Gasteiger partial charge in [-0.2, -0.15) is 0 Å². The van der Waals surface area contributed by atoms with Crippen molar-refractivity contribution < 1.29 is 19.4 Å². The number of rotatable bonds is 4. The van der Waals surface area contributed by atoms with Gasteiger partial charge in [0.15, 0.2) is 0 Å². The molecule has 0 spiro atoms. The Balaban J connectivity index is 0.000000171. The highest BCUT2D eigenvalue weighted by Crippen LogP contribution is 2.31. The molecule has 42 heavy (non-hydrogen) atoms. The molecular weight excluding hydrogens is 528 g/mol. The van der Waals surface area contributed by atoms with Gasteiger partial charge in [0.05, 0.1) is 22.2 Å². The Morgan fingerprint density at radius 2 is 1.26 bits per heavy atom. The molecule has 2 saturated heterocycles. The van der Waals surface area contributed by atoms with Crippen molar-refractivity contribution in [2.75, 3.05) is 22.9 Å². The highest BCUT2D eigenvalue weighted by atomic mass is 16.6. The van der Waals surface area contributed by atoms with E-state index in [-0.39, 0.29) is 5.97 Å². The van der Waals surface area contributed by atoms with E-state index < -0.39 is 11.6 Å². The predicted molar refractivity (Wildman–Crippen MR) is 168 cm³/mol. The number of nitrogens with zero attached hydrogens (tertiary/aromatic N) is 4. The number of ether oxygens (including phenoxy) is 1. The van der Waals surface area contributed by atoms with Crippen molar-refractivity contribution in [3.63, 3.8) is 0 Å². The van der Waals surface area contributed by atoms with Crippen molar-refractivity contribution in [3.05, 3.63) is 72.1 Å². The molecule has 2 aliphatic rings. The van der Waals surface area contributed by atoms with E-state index in [4.69, 9.17) is 4.74 Å². The van der Waals surface area contributed by atoms with Crippen LogP contribution in [-0.2, 0) is 4.74 Å². The van der Waals surface area contributed by atoms with Gasteiger partial charge in [0.1, 0.15) is 5.60 Å². The van der Waals surface area contributed by atoms with Gasteiger partial charge in [-0.05, 0) is 109 Å². The van der Waals surface area contributed by atoms with Crippen molar-refractivity contribution in [1.29, 1.82) is 0 Å². The molecule has 0 saturated carbocycles. The van der Waals surface area contributed by atoms with Crippen LogP contribution >= 0.6 is 0 Å². The highest BCUT2D eigenvalue weighted by Gasteiger charge is 2.24. The summed E-state index contributed by atoms with van der Waals surface area (Å²) in [5.41, 5.74) is 4.19. The SMILES string of the molecule is C[C@@H]1CCCN1c1ccc2nccc(C(=O)O)c2c1.C[C@@H]1CCCN1c1ccc2nccc(C(=O)OC(C)(C)C)c2c1. The number of benzene rings is 2. The van der Waals surface area contributed by atoms with Crippen molar-refractivity contribution in [3.8, 4) is 0 Å². The molecular formula is C34H40N4O4. The molecule has 2 fully saturated rings. The molecule has 0 amide bonds. The number of aromatic nitrogens is 2. The Morgan fingerprint density at radius 3 is 1.69 bits per heavy atom. The fourth-order valence-corrected chi connectivity index (χ4v) is 5.96. The minimum absolute atomic E-state index is 0.295. The third kappa shape index (κ3) is 6.32. The summed E-state index contributed by atoms with van der Waals surface area (Å²) >= 11 is 0. The summed E-state index contributed by atoms with van der Waals surface area (Å²) in [6.45, 7) is 12.2. The van der Waals surface area contributed by atoms with Crippen LogP contribution in [0.2, 0.25) is 0 Å². The van der Waals surface area contributed by atoms with Crippen LogP contribution in [0.1, 0.15) is 81.0 Å². The molecule has 2 aromatic heterocycles. The third-order valence-electron chi connectivity index (χ3n) is 8.07. The first-order chi connectivity index (χ1) is 20.0. The first-order valence-electron chi connectivity index (χ1n) is 14.8. The van der Waals surface area contributed by atoms with E-state index in [0.717, 1.165) is 40.9 Å². The molecule has 2 atom stereocenters. The number of hydrogen-bond donors (Lipinski definition) is 1. The van der Waals surface area contributed by atoms with Gasteiger partial charge in [-0.15, -0.1) is 0 Å². The average Bonchev–Trinajstić information content (AvgIpc) is 3.58. The summed E-state index contributed by atoms with van der Waals surface area (Å²) in [6.07, 6.45) is 8.02. The maximum absolute atomic E-state index is 12.5. The zero-order valence-corrected chi connectivity index (χ0v) is 25.1. The van der Waals surface area contributed by atoms with E-state index in [0.29, 0.717) is 28.6 Å². The van der Waals surface area contributed by atoms with E-state index in [9.17, 15) is 14.7 Å². The van der Waals surface area contributed by atoms with Gasteiger partial charge in [-0.3, -0.25) is 9.97 Å². The van der Waals surface area contributed by atoms with E-state index in [2.05, 4.69) is 45.7 Å². The number of pyridine rings is 2. The lowest BCUT2D eigenvalue weighted by Crippen LogP contribution is -2.26. The van der Waals surface area contributed by atoms with E-state index in [1.165, 1.54) is 25.7 Å². The molecule has 1 N–H and O–H groups in total. The number of carbonyl (C=O) groups is 2. The number of anilines is 2. The van der Waals surface area contributed by atoms with E-state index >= 15 is 0 Å². The monoisotopic (exact) mass is 568 g/mol. The van der Waals surface area contributed by atoms with Crippen LogP contribution in [0, 0.1) is 0 Å². The van der Waals surface area contributed by atoms with Crippen LogP contribution in [0.25, 0.3) is 21.8 Å². The van der Waals surface area contributed by atoms with Gasteiger partial charge >= 0.3 is 11.9 Å². The average molecular weight is 569 g/mol. The number of fused-ring (bicyclic) bond motifs is 2. The summed E-state index contributed by atoms with van der Waals surface area (Å²) in [4.78, 5) is 37.1. The molecule has 2 aromatic carbocycles. The maximum Gasteiger partial charge on any atom is 0.339 e. The van der Waals surface area contributed by atoms with E-state index in [1.54, 1.807) is 24.5 Å². The van der Waals surface area contributed by atoms with Crippen molar-refractivity contribution in [1.82, 2.24) is 9.97 Å². The molecule has 8 nitrogen and oxygen atoms in total. The second kappa shape index (κ2) is 12.0. The van der Waals surface area contributed by atoms with Crippen LogP contribution in [0.4, 0.5) is 11.4 Å². The molecule has 8 heteroatoms. The predicted octanol–water partition coefficient (Wildman–Crippen LogP) is 7.10. The van der Waals surface area contributed by atoms with Gasteiger partial charge in [0.2, 0.25) is 0 Å². The fourth-order valence-electron chi connectivity index (χ4n) is 5.96. The number of hydrogen-bond acceptors (Lipinski definition) is 7. The summed E-state index contributed by atoms with van der Waals surface area (Å²) in [6, 6.07) is 16.4. The first-order valence-corrected chi connectivity index (χ1v) is 14.8. The molecule has 220 valence electrons. The Labute approximate surface area is 247 Å². The molecule has 2 aliphatic heterocycles. The number of carboxylic acid groups (broad SMARTS) is 1. The lowest BCUT2D eigenvalue weighted by Gasteiger charge is -2.24. The third-order valence-corrected chi connectivity index (χ3v) is 8.07. The Kier molecular flexibility index (Phi) is 8.34. The standard InChI is InChI=1S/C19H24N2O2.C15H16N2O2/c1-13-6-5-11-21(13)14-7-8-17-16(12-14)15(9-10-20-17)18(22)23-19(2,3)4;1-10-3-2-8-17(10)11-4-5-14-13(9-11)12(15(18)19)6-7-16-14/h7-10,12-13H,5-6,11H2,1-4H3;4-7,9-10H,2-3,8H2,1H3,(H,18,19)/t13-;10-/m11/s1.